The second kappa shape index (κ2) is 6.41. The van der Waals surface area contributed by atoms with Crippen LogP contribution in [0.25, 0.3) is 11.1 Å². The summed E-state index contributed by atoms with van der Waals surface area (Å²) in [5, 5.41) is 0. The lowest BCUT2D eigenvalue weighted by atomic mass is 9.86. The minimum Gasteiger partial charge on any atom is -0.0842 e. The molecule has 0 spiro atoms. The number of benzene rings is 2. The molecule has 21 heavy (non-hydrogen) atoms. The van der Waals surface area contributed by atoms with Crippen molar-refractivity contribution in [1.82, 2.24) is 0 Å². The molecular formula is C21H20. The van der Waals surface area contributed by atoms with Gasteiger partial charge in [0.25, 0.3) is 0 Å². The van der Waals surface area contributed by atoms with Crippen molar-refractivity contribution in [3.63, 3.8) is 0 Å². The van der Waals surface area contributed by atoms with Gasteiger partial charge in [0.1, 0.15) is 0 Å². The van der Waals surface area contributed by atoms with Crippen LogP contribution in [0, 0.1) is 0 Å². The highest BCUT2D eigenvalue weighted by Crippen LogP contribution is 2.35. The summed E-state index contributed by atoms with van der Waals surface area (Å²) in [6, 6.07) is 21.4. The first kappa shape index (κ1) is 13.6. The Kier molecular flexibility index (Phi) is 4.16. The summed E-state index contributed by atoms with van der Waals surface area (Å²) < 4.78 is 0. The Morgan fingerprint density at radius 2 is 1.43 bits per heavy atom. The van der Waals surface area contributed by atoms with Crippen LogP contribution in [0.3, 0.4) is 0 Å². The Hall–Kier alpha value is -2.34. The Morgan fingerprint density at radius 1 is 0.810 bits per heavy atom. The Labute approximate surface area is 127 Å². The van der Waals surface area contributed by atoms with Crippen LogP contribution in [0.2, 0.25) is 0 Å². The van der Waals surface area contributed by atoms with Gasteiger partial charge in [0.15, 0.2) is 0 Å². The monoisotopic (exact) mass is 272 g/mol. The standard InChI is InChI=1S/C21H20/c1-17(18-11-5-2-6-12-18)21(19-13-7-3-8-14-19)20-15-9-4-10-16-20/h2-9,11-15H,10,16H2,1H3/b21-17+. The predicted molar refractivity (Wildman–Crippen MR) is 91.8 cm³/mol. The van der Waals surface area contributed by atoms with Crippen LogP contribution >= 0.6 is 0 Å². The van der Waals surface area contributed by atoms with Crippen molar-refractivity contribution in [2.24, 2.45) is 0 Å². The van der Waals surface area contributed by atoms with Gasteiger partial charge in [-0.1, -0.05) is 78.9 Å². The zero-order chi connectivity index (χ0) is 14.5. The summed E-state index contributed by atoms with van der Waals surface area (Å²) in [6.07, 6.45) is 8.93. The lowest BCUT2D eigenvalue weighted by Gasteiger charge is -2.18. The number of rotatable bonds is 3. The van der Waals surface area contributed by atoms with E-state index in [0.29, 0.717) is 0 Å². The van der Waals surface area contributed by atoms with E-state index in [9.17, 15) is 0 Å². The second-order valence-corrected chi connectivity index (χ2v) is 5.39. The topological polar surface area (TPSA) is 0 Å². The molecule has 0 aromatic heterocycles. The van der Waals surface area contributed by atoms with Gasteiger partial charge < -0.3 is 0 Å². The fourth-order valence-electron chi connectivity index (χ4n) is 2.89. The van der Waals surface area contributed by atoms with E-state index in [1.165, 1.54) is 27.8 Å². The smallest absolute Gasteiger partial charge is 0.0117 e. The first-order valence-corrected chi connectivity index (χ1v) is 7.54. The summed E-state index contributed by atoms with van der Waals surface area (Å²) in [5.41, 5.74) is 6.77. The van der Waals surface area contributed by atoms with Gasteiger partial charge in [-0.15, -0.1) is 0 Å². The lowest BCUT2D eigenvalue weighted by Crippen LogP contribution is -1.96. The molecule has 0 atom stereocenters. The van der Waals surface area contributed by atoms with Crippen LogP contribution in [0.5, 0.6) is 0 Å². The van der Waals surface area contributed by atoms with E-state index in [1.54, 1.807) is 0 Å². The minimum atomic E-state index is 1.12. The van der Waals surface area contributed by atoms with Gasteiger partial charge in [-0.2, -0.15) is 0 Å². The van der Waals surface area contributed by atoms with Crippen molar-refractivity contribution in [3.8, 4) is 0 Å². The van der Waals surface area contributed by atoms with Gasteiger partial charge in [-0.3, -0.25) is 0 Å². The molecule has 0 saturated carbocycles. The number of allylic oxidation sites excluding steroid dienone is 6. The maximum Gasteiger partial charge on any atom is -0.0117 e. The molecule has 2 aromatic carbocycles. The number of hydrogen-bond donors (Lipinski definition) is 0. The first-order chi connectivity index (χ1) is 10.4. The highest BCUT2D eigenvalue weighted by atomic mass is 14.2. The normalized spacial score (nSPS) is 15.4. The third-order valence-electron chi connectivity index (χ3n) is 3.98. The molecule has 3 rings (SSSR count). The molecule has 0 amide bonds. The van der Waals surface area contributed by atoms with Gasteiger partial charge in [0.05, 0.1) is 0 Å². The molecule has 0 unspecified atom stereocenters. The Morgan fingerprint density at radius 3 is 2.00 bits per heavy atom. The van der Waals surface area contributed by atoms with Crippen molar-refractivity contribution >= 4 is 11.1 Å². The summed E-state index contributed by atoms with van der Waals surface area (Å²) in [4.78, 5) is 0. The van der Waals surface area contributed by atoms with E-state index in [0.717, 1.165) is 12.8 Å². The van der Waals surface area contributed by atoms with Crippen molar-refractivity contribution in [2.45, 2.75) is 19.8 Å². The molecule has 0 bridgehead atoms. The van der Waals surface area contributed by atoms with Gasteiger partial charge >= 0.3 is 0 Å². The second-order valence-electron chi connectivity index (χ2n) is 5.39. The highest BCUT2D eigenvalue weighted by molar-refractivity contribution is 5.97. The molecule has 1 aliphatic carbocycles. The molecule has 0 heterocycles. The Balaban J connectivity index is 2.17. The molecule has 2 aromatic rings. The van der Waals surface area contributed by atoms with Crippen LogP contribution in [-0.4, -0.2) is 0 Å². The molecule has 0 radical (unpaired) electrons. The minimum absolute atomic E-state index is 1.12. The predicted octanol–water partition coefficient (Wildman–Crippen LogP) is 5.89. The maximum absolute atomic E-state index is 2.26. The summed E-state index contributed by atoms with van der Waals surface area (Å²) in [5.74, 6) is 0. The van der Waals surface area contributed by atoms with E-state index in [4.69, 9.17) is 0 Å². The van der Waals surface area contributed by atoms with E-state index in [-0.39, 0.29) is 0 Å². The van der Waals surface area contributed by atoms with E-state index in [2.05, 4.69) is 85.8 Å². The SMILES string of the molecule is C/C(=C(\C1=CC=CCC1)c1ccccc1)c1ccccc1. The molecule has 0 saturated heterocycles. The lowest BCUT2D eigenvalue weighted by molar-refractivity contribution is 0.996. The summed E-state index contributed by atoms with van der Waals surface area (Å²) >= 11 is 0. The fraction of sp³-hybridized carbons (Fsp3) is 0.143. The molecule has 0 heteroatoms. The Bertz CT molecular complexity index is 685. The van der Waals surface area contributed by atoms with Crippen LogP contribution in [-0.2, 0) is 0 Å². The number of hydrogen-bond acceptors (Lipinski definition) is 0. The van der Waals surface area contributed by atoms with Gasteiger partial charge in [-0.25, -0.2) is 0 Å². The zero-order valence-electron chi connectivity index (χ0n) is 12.4. The third-order valence-corrected chi connectivity index (χ3v) is 3.98. The summed E-state index contributed by atoms with van der Waals surface area (Å²) in [7, 11) is 0. The molecule has 104 valence electrons. The largest absolute Gasteiger partial charge is 0.0842 e. The molecule has 0 nitrogen and oxygen atoms in total. The zero-order valence-corrected chi connectivity index (χ0v) is 12.4. The average Bonchev–Trinajstić information content (AvgIpc) is 2.58. The third kappa shape index (κ3) is 3.05. The van der Waals surface area contributed by atoms with Crippen LogP contribution in [0.1, 0.15) is 30.9 Å². The van der Waals surface area contributed by atoms with E-state index in [1.807, 2.05) is 0 Å². The maximum atomic E-state index is 2.26. The van der Waals surface area contributed by atoms with Crippen molar-refractivity contribution < 1.29 is 0 Å². The van der Waals surface area contributed by atoms with Crippen molar-refractivity contribution in [1.29, 1.82) is 0 Å². The quantitative estimate of drug-likeness (QED) is 0.611. The van der Waals surface area contributed by atoms with Crippen molar-refractivity contribution in [2.75, 3.05) is 0 Å². The summed E-state index contributed by atoms with van der Waals surface area (Å²) in [6.45, 7) is 2.23. The van der Waals surface area contributed by atoms with Crippen LogP contribution in [0.15, 0.2) is 84.5 Å². The van der Waals surface area contributed by atoms with Crippen molar-refractivity contribution in [3.05, 3.63) is 95.6 Å². The first-order valence-electron chi connectivity index (χ1n) is 7.54. The molecule has 0 N–H and O–H groups in total. The van der Waals surface area contributed by atoms with E-state index >= 15 is 0 Å². The van der Waals surface area contributed by atoms with Crippen LogP contribution < -0.4 is 0 Å². The van der Waals surface area contributed by atoms with Gasteiger partial charge in [0.2, 0.25) is 0 Å². The van der Waals surface area contributed by atoms with Crippen LogP contribution in [0.4, 0.5) is 0 Å². The van der Waals surface area contributed by atoms with Gasteiger partial charge in [-0.05, 0) is 47.6 Å². The molecule has 0 fully saturated rings. The van der Waals surface area contributed by atoms with Gasteiger partial charge in [0, 0.05) is 0 Å². The molecular weight excluding hydrogens is 252 g/mol. The average molecular weight is 272 g/mol. The fourth-order valence-corrected chi connectivity index (χ4v) is 2.89. The molecule has 0 aliphatic heterocycles. The molecule has 1 aliphatic rings. The van der Waals surface area contributed by atoms with E-state index < -0.39 is 0 Å². The highest BCUT2D eigenvalue weighted by Gasteiger charge is 2.13.